The summed E-state index contributed by atoms with van der Waals surface area (Å²) in [5, 5.41) is 2.92. The normalized spacial score (nSPS) is 10.9. The summed E-state index contributed by atoms with van der Waals surface area (Å²) in [6.07, 6.45) is 2.84. The predicted octanol–water partition coefficient (Wildman–Crippen LogP) is 5.67. The number of rotatable bonds is 7. The van der Waals surface area contributed by atoms with Crippen LogP contribution in [0.5, 0.6) is 0 Å². The second kappa shape index (κ2) is 9.91. The number of hydrogen-bond donors (Lipinski definition) is 1. The standard InChI is InChI=1S/C28H29N3O3/c1-5-13-34-28(33)22-7-6-8-23(16-22)29-26(32)17-24-27(21-10-9-19(3)20(4)15-21)30-25-14-18(2)11-12-31(24)25/h6-12,14-16H,5,13,17H2,1-4H3,(H,29,32). The molecule has 174 valence electrons. The van der Waals surface area contributed by atoms with Gasteiger partial charge in [0.1, 0.15) is 5.65 Å². The number of imidazole rings is 1. The third-order valence-electron chi connectivity index (χ3n) is 5.81. The van der Waals surface area contributed by atoms with Crippen molar-refractivity contribution in [1.82, 2.24) is 9.38 Å². The molecule has 0 atom stereocenters. The maximum Gasteiger partial charge on any atom is 0.338 e. The van der Waals surface area contributed by atoms with E-state index in [9.17, 15) is 9.59 Å². The lowest BCUT2D eigenvalue weighted by Crippen LogP contribution is -2.16. The van der Waals surface area contributed by atoms with Crippen LogP contribution in [-0.4, -0.2) is 27.9 Å². The van der Waals surface area contributed by atoms with Crippen molar-refractivity contribution >= 4 is 23.2 Å². The molecule has 0 aliphatic heterocycles. The van der Waals surface area contributed by atoms with Crippen molar-refractivity contribution in [1.29, 1.82) is 0 Å². The number of amides is 1. The first-order valence-electron chi connectivity index (χ1n) is 11.5. The number of aryl methyl sites for hydroxylation is 3. The number of anilines is 1. The minimum absolute atomic E-state index is 0.136. The topological polar surface area (TPSA) is 72.7 Å². The van der Waals surface area contributed by atoms with Crippen molar-refractivity contribution in [2.45, 2.75) is 40.5 Å². The highest BCUT2D eigenvalue weighted by atomic mass is 16.5. The van der Waals surface area contributed by atoms with Gasteiger partial charge in [-0.1, -0.05) is 25.1 Å². The second-order valence-corrected chi connectivity index (χ2v) is 8.58. The number of nitrogens with one attached hydrogen (secondary N) is 1. The number of aromatic nitrogens is 2. The summed E-state index contributed by atoms with van der Waals surface area (Å²) in [7, 11) is 0. The van der Waals surface area contributed by atoms with Gasteiger partial charge in [0.15, 0.2) is 0 Å². The molecular weight excluding hydrogens is 426 g/mol. The fraction of sp³-hybridized carbons (Fsp3) is 0.250. The molecule has 1 amide bonds. The molecule has 0 saturated carbocycles. The van der Waals surface area contributed by atoms with Crippen LogP contribution in [0.3, 0.4) is 0 Å². The first-order chi connectivity index (χ1) is 16.4. The molecule has 0 unspecified atom stereocenters. The third-order valence-corrected chi connectivity index (χ3v) is 5.81. The summed E-state index contributed by atoms with van der Waals surface area (Å²) in [4.78, 5) is 30.1. The van der Waals surface area contributed by atoms with Crippen LogP contribution >= 0.6 is 0 Å². The molecule has 0 spiro atoms. The van der Waals surface area contributed by atoms with Crippen LogP contribution in [-0.2, 0) is 16.0 Å². The molecule has 4 aromatic rings. The first-order valence-corrected chi connectivity index (χ1v) is 11.5. The largest absolute Gasteiger partial charge is 0.462 e. The lowest BCUT2D eigenvalue weighted by atomic mass is 10.0. The van der Waals surface area contributed by atoms with E-state index in [0.717, 1.165) is 34.6 Å². The van der Waals surface area contributed by atoms with E-state index in [4.69, 9.17) is 9.72 Å². The number of pyridine rings is 1. The van der Waals surface area contributed by atoms with E-state index >= 15 is 0 Å². The summed E-state index contributed by atoms with van der Waals surface area (Å²) in [6, 6.07) is 17.1. The maximum absolute atomic E-state index is 13.1. The zero-order valence-electron chi connectivity index (χ0n) is 20.0. The van der Waals surface area contributed by atoms with Crippen LogP contribution in [0.25, 0.3) is 16.9 Å². The third kappa shape index (κ3) is 5.01. The monoisotopic (exact) mass is 455 g/mol. The molecule has 2 aromatic heterocycles. The van der Waals surface area contributed by atoms with Crippen LogP contribution in [0.2, 0.25) is 0 Å². The van der Waals surface area contributed by atoms with Crippen LogP contribution in [0.15, 0.2) is 60.8 Å². The van der Waals surface area contributed by atoms with Crippen molar-refractivity contribution in [3.63, 3.8) is 0 Å². The average molecular weight is 456 g/mol. The van der Waals surface area contributed by atoms with Gasteiger partial charge in [-0.2, -0.15) is 0 Å². The van der Waals surface area contributed by atoms with Gasteiger partial charge in [0, 0.05) is 17.4 Å². The summed E-state index contributed by atoms with van der Waals surface area (Å²) in [5.41, 5.74) is 7.83. The summed E-state index contributed by atoms with van der Waals surface area (Å²) >= 11 is 0. The molecule has 0 radical (unpaired) electrons. The molecule has 4 rings (SSSR count). The number of esters is 1. The van der Waals surface area contributed by atoms with E-state index in [1.165, 1.54) is 11.1 Å². The van der Waals surface area contributed by atoms with E-state index in [2.05, 4.69) is 31.3 Å². The number of carbonyl (C=O) groups is 2. The van der Waals surface area contributed by atoms with Crippen molar-refractivity contribution in [2.24, 2.45) is 0 Å². The Morgan fingerprint density at radius 3 is 2.59 bits per heavy atom. The quantitative estimate of drug-likeness (QED) is 0.364. The van der Waals surface area contributed by atoms with Gasteiger partial charge in [-0.25, -0.2) is 9.78 Å². The van der Waals surface area contributed by atoms with Gasteiger partial charge in [0.2, 0.25) is 5.91 Å². The molecule has 0 aliphatic carbocycles. The van der Waals surface area contributed by atoms with Gasteiger partial charge in [-0.05, 0) is 80.3 Å². The summed E-state index contributed by atoms with van der Waals surface area (Å²) in [5.74, 6) is -0.585. The van der Waals surface area contributed by atoms with Gasteiger partial charge in [-0.15, -0.1) is 0 Å². The predicted molar refractivity (Wildman–Crippen MR) is 134 cm³/mol. The number of fused-ring (bicyclic) bond motifs is 1. The average Bonchev–Trinajstić information content (AvgIpc) is 3.16. The lowest BCUT2D eigenvalue weighted by Gasteiger charge is -2.10. The van der Waals surface area contributed by atoms with Crippen molar-refractivity contribution < 1.29 is 14.3 Å². The van der Waals surface area contributed by atoms with Crippen LogP contribution in [0.1, 0.15) is 46.1 Å². The van der Waals surface area contributed by atoms with Crippen molar-refractivity contribution in [3.05, 3.63) is 88.7 Å². The Bertz CT molecular complexity index is 1370. The molecule has 0 fully saturated rings. The highest BCUT2D eigenvalue weighted by molar-refractivity contribution is 5.96. The number of nitrogens with zero attached hydrogens (tertiary/aromatic N) is 2. The SMILES string of the molecule is CCCOC(=O)c1cccc(NC(=O)Cc2c(-c3ccc(C)c(C)c3)nc3cc(C)ccn23)c1. The molecule has 34 heavy (non-hydrogen) atoms. The Balaban J connectivity index is 1.63. The molecular formula is C28H29N3O3. The Kier molecular flexibility index (Phi) is 6.77. The number of ether oxygens (including phenoxy) is 1. The number of benzene rings is 2. The van der Waals surface area contributed by atoms with Crippen molar-refractivity contribution in [2.75, 3.05) is 11.9 Å². The van der Waals surface area contributed by atoms with Gasteiger partial charge in [-0.3, -0.25) is 4.79 Å². The van der Waals surface area contributed by atoms with E-state index in [-0.39, 0.29) is 12.3 Å². The maximum atomic E-state index is 13.1. The number of hydrogen-bond acceptors (Lipinski definition) is 4. The van der Waals surface area contributed by atoms with E-state index in [1.807, 2.05) is 42.6 Å². The highest BCUT2D eigenvalue weighted by Crippen LogP contribution is 2.27. The molecule has 6 nitrogen and oxygen atoms in total. The molecule has 6 heteroatoms. The van der Waals surface area contributed by atoms with Crippen LogP contribution < -0.4 is 5.32 Å². The number of carbonyl (C=O) groups excluding carboxylic acids is 2. The van der Waals surface area contributed by atoms with Crippen LogP contribution in [0, 0.1) is 20.8 Å². The fourth-order valence-corrected chi connectivity index (χ4v) is 3.85. The Morgan fingerprint density at radius 2 is 1.82 bits per heavy atom. The zero-order valence-corrected chi connectivity index (χ0v) is 20.0. The van der Waals surface area contributed by atoms with Crippen molar-refractivity contribution in [3.8, 4) is 11.3 Å². The molecule has 0 aliphatic rings. The minimum Gasteiger partial charge on any atom is -0.462 e. The first kappa shape index (κ1) is 23.2. The fourth-order valence-electron chi connectivity index (χ4n) is 3.85. The summed E-state index contributed by atoms with van der Waals surface area (Å²) in [6.45, 7) is 8.48. The Labute approximate surface area is 199 Å². The van der Waals surface area contributed by atoms with Gasteiger partial charge >= 0.3 is 5.97 Å². The zero-order chi connectivity index (χ0) is 24.2. The van der Waals surface area contributed by atoms with E-state index in [1.54, 1.807) is 24.3 Å². The van der Waals surface area contributed by atoms with Gasteiger partial charge < -0.3 is 14.5 Å². The molecule has 0 saturated heterocycles. The van der Waals surface area contributed by atoms with E-state index in [0.29, 0.717) is 17.9 Å². The van der Waals surface area contributed by atoms with Crippen LogP contribution in [0.4, 0.5) is 5.69 Å². The Morgan fingerprint density at radius 1 is 1.00 bits per heavy atom. The Hall–Kier alpha value is -3.93. The minimum atomic E-state index is -0.396. The summed E-state index contributed by atoms with van der Waals surface area (Å²) < 4.78 is 7.17. The van der Waals surface area contributed by atoms with Gasteiger partial charge in [0.25, 0.3) is 0 Å². The second-order valence-electron chi connectivity index (χ2n) is 8.58. The molecule has 0 bridgehead atoms. The molecule has 2 aromatic carbocycles. The van der Waals surface area contributed by atoms with Gasteiger partial charge in [0.05, 0.1) is 30.0 Å². The lowest BCUT2D eigenvalue weighted by molar-refractivity contribution is -0.115. The highest BCUT2D eigenvalue weighted by Gasteiger charge is 2.18. The smallest absolute Gasteiger partial charge is 0.338 e. The molecule has 2 heterocycles. The van der Waals surface area contributed by atoms with E-state index < -0.39 is 5.97 Å². The molecule has 1 N–H and O–H groups in total.